The second kappa shape index (κ2) is 13.3. The first-order chi connectivity index (χ1) is 18.6. The summed E-state index contributed by atoms with van der Waals surface area (Å²) in [5.41, 5.74) is 0.953. The molecule has 11 heteroatoms. The highest BCUT2D eigenvalue weighted by Gasteiger charge is 2.32. The summed E-state index contributed by atoms with van der Waals surface area (Å²) in [4.78, 5) is 27.9. The van der Waals surface area contributed by atoms with Crippen LogP contribution in [0.4, 0.5) is 5.69 Å². The predicted molar refractivity (Wildman–Crippen MR) is 151 cm³/mol. The zero-order valence-electron chi connectivity index (χ0n) is 22.3. The number of sulfonamides is 1. The zero-order chi connectivity index (χ0) is 28.6. The van der Waals surface area contributed by atoms with Gasteiger partial charge < -0.3 is 19.7 Å². The average Bonchev–Trinajstić information content (AvgIpc) is 2.94. The number of carbonyl (C=O) groups is 2. The minimum Gasteiger partial charge on any atom is -0.497 e. The van der Waals surface area contributed by atoms with E-state index in [0.29, 0.717) is 23.1 Å². The van der Waals surface area contributed by atoms with Gasteiger partial charge in [-0.15, -0.1) is 0 Å². The molecule has 3 aromatic rings. The van der Waals surface area contributed by atoms with E-state index in [-0.39, 0.29) is 23.0 Å². The van der Waals surface area contributed by atoms with E-state index in [9.17, 15) is 18.0 Å². The van der Waals surface area contributed by atoms with E-state index in [1.807, 2.05) is 0 Å². The fourth-order valence-corrected chi connectivity index (χ4v) is 5.46. The molecule has 0 bridgehead atoms. The monoisotopic (exact) mass is 573 g/mol. The van der Waals surface area contributed by atoms with E-state index in [1.54, 1.807) is 63.4 Å². The van der Waals surface area contributed by atoms with Crippen LogP contribution in [0.3, 0.4) is 0 Å². The van der Waals surface area contributed by atoms with Crippen LogP contribution in [-0.2, 0) is 26.2 Å². The third-order valence-corrected chi connectivity index (χ3v) is 8.08. The standard InChI is InChI=1S/C28H32ClN3O6S/c1-5-30-28(34)20(2)31(18-21-9-11-24(37-3)12-10-21)27(33)19-32(23-8-6-7-22(29)17-23)39(35,36)26-15-13-25(38-4)14-16-26/h6-17,20H,5,18-19H2,1-4H3,(H,30,34)/t20-/m0/s1. The van der Waals surface area contributed by atoms with Crippen LogP contribution < -0.4 is 19.1 Å². The molecule has 0 heterocycles. The van der Waals surface area contributed by atoms with Gasteiger partial charge in [0.1, 0.15) is 24.1 Å². The molecule has 0 saturated heterocycles. The third-order valence-electron chi connectivity index (χ3n) is 6.05. The summed E-state index contributed by atoms with van der Waals surface area (Å²) >= 11 is 6.19. The van der Waals surface area contributed by atoms with Gasteiger partial charge in [-0.05, 0) is 74.0 Å². The Bertz CT molecular complexity index is 1380. The fourth-order valence-electron chi connectivity index (χ4n) is 3.87. The van der Waals surface area contributed by atoms with Gasteiger partial charge in [-0.1, -0.05) is 29.8 Å². The summed E-state index contributed by atoms with van der Waals surface area (Å²) in [7, 11) is -1.18. The van der Waals surface area contributed by atoms with Gasteiger partial charge in [0.15, 0.2) is 0 Å². The van der Waals surface area contributed by atoms with Gasteiger partial charge in [0, 0.05) is 18.1 Å². The highest BCUT2D eigenvalue weighted by Crippen LogP contribution is 2.28. The lowest BCUT2D eigenvalue weighted by molar-refractivity contribution is -0.139. The number of amides is 2. The fraction of sp³-hybridized carbons (Fsp3) is 0.286. The highest BCUT2D eigenvalue weighted by atomic mass is 35.5. The van der Waals surface area contributed by atoms with Crippen LogP contribution in [0.25, 0.3) is 0 Å². The number of ether oxygens (including phenoxy) is 2. The Hall–Kier alpha value is -3.76. The van der Waals surface area contributed by atoms with Crippen molar-refractivity contribution in [3.05, 3.63) is 83.4 Å². The highest BCUT2D eigenvalue weighted by molar-refractivity contribution is 7.92. The smallest absolute Gasteiger partial charge is 0.264 e. The molecule has 1 N–H and O–H groups in total. The summed E-state index contributed by atoms with van der Waals surface area (Å²) in [5.74, 6) is 0.209. The van der Waals surface area contributed by atoms with Crippen molar-refractivity contribution in [3.8, 4) is 11.5 Å². The van der Waals surface area contributed by atoms with Crippen molar-refractivity contribution in [3.63, 3.8) is 0 Å². The van der Waals surface area contributed by atoms with E-state index in [1.165, 1.54) is 42.3 Å². The number of rotatable bonds is 12. The van der Waals surface area contributed by atoms with Crippen molar-refractivity contribution >= 4 is 39.1 Å². The van der Waals surface area contributed by atoms with Gasteiger partial charge >= 0.3 is 0 Å². The van der Waals surface area contributed by atoms with Crippen LogP contribution in [0, 0.1) is 0 Å². The first-order valence-electron chi connectivity index (χ1n) is 12.2. The van der Waals surface area contributed by atoms with Crippen LogP contribution in [0.2, 0.25) is 5.02 Å². The molecule has 2 amide bonds. The van der Waals surface area contributed by atoms with Crippen LogP contribution in [0.5, 0.6) is 11.5 Å². The summed E-state index contributed by atoms with van der Waals surface area (Å²) < 4.78 is 39.0. The lowest BCUT2D eigenvalue weighted by Crippen LogP contribution is -2.51. The minimum absolute atomic E-state index is 0.0328. The van der Waals surface area contributed by atoms with Gasteiger partial charge in [-0.25, -0.2) is 8.42 Å². The van der Waals surface area contributed by atoms with Crippen molar-refractivity contribution in [1.82, 2.24) is 10.2 Å². The van der Waals surface area contributed by atoms with Gasteiger partial charge in [-0.3, -0.25) is 13.9 Å². The molecule has 0 radical (unpaired) electrons. The molecule has 3 rings (SSSR count). The topological polar surface area (TPSA) is 105 Å². The third kappa shape index (κ3) is 7.42. The van der Waals surface area contributed by atoms with Crippen LogP contribution in [0.1, 0.15) is 19.4 Å². The summed E-state index contributed by atoms with van der Waals surface area (Å²) in [6, 6.07) is 18.3. The average molecular weight is 574 g/mol. The maximum absolute atomic E-state index is 13.8. The van der Waals surface area contributed by atoms with Gasteiger partial charge in [-0.2, -0.15) is 0 Å². The lowest BCUT2D eigenvalue weighted by atomic mass is 10.1. The molecule has 0 aliphatic carbocycles. The van der Waals surface area contributed by atoms with Crippen molar-refractivity contribution in [1.29, 1.82) is 0 Å². The van der Waals surface area contributed by atoms with Crippen LogP contribution in [0.15, 0.2) is 77.7 Å². The maximum Gasteiger partial charge on any atom is 0.264 e. The molecule has 0 aliphatic rings. The summed E-state index contributed by atoms with van der Waals surface area (Å²) in [6.07, 6.45) is 0. The Kier molecular flexibility index (Phi) is 10.2. The number of carbonyl (C=O) groups excluding carboxylic acids is 2. The Balaban J connectivity index is 2.02. The number of nitrogens with zero attached hydrogens (tertiary/aromatic N) is 2. The Morgan fingerprint density at radius 1 is 0.949 bits per heavy atom. The normalized spacial score (nSPS) is 11.8. The Morgan fingerprint density at radius 2 is 1.54 bits per heavy atom. The molecule has 208 valence electrons. The quantitative estimate of drug-likeness (QED) is 0.350. The van der Waals surface area contributed by atoms with Crippen LogP contribution in [-0.4, -0.2) is 58.5 Å². The van der Waals surface area contributed by atoms with Crippen molar-refractivity contribution < 1.29 is 27.5 Å². The van der Waals surface area contributed by atoms with Gasteiger partial charge in [0.25, 0.3) is 10.0 Å². The predicted octanol–water partition coefficient (Wildman–Crippen LogP) is 4.11. The van der Waals surface area contributed by atoms with E-state index in [2.05, 4.69) is 5.32 Å². The van der Waals surface area contributed by atoms with Crippen LogP contribution >= 0.6 is 11.6 Å². The second-order valence-electron chi connectivity index (χ2n) is 8.61. The number of likely N-dealkylation sites (N-methyl/N-ethyl adjacent to an activating group) is 1. The van der Waals surface area contributed by atoms with Crippen molar-refractivity contribution in [2.24, 2.45) is 0 Å². The zero-order valence-corrected chi connectivity index (χ0v) is 23.8. The Morgan fingerprint density at radius 3 is 2.08 bits per heavy atom. The second-order valence-corrected chi connectivity index (χ2v) is 10.9. The molecule has 0 fully saturated rings. The molecule has 1 atom stereocenters. The number of benzene rings is 3. The molecular weight excluding hydrogens is 542 g/mol. The molecule has 3 aromatic carbocycles. The molecule has 39 heavy (non-hydrogen) atoms. The van der Waals surface area contributed by atoms with Gasteiger partial charge in [0.2, 0.25) is 11.8 Å². The summed E-state index contributed by atoms with van der Waals surface area (Å²) in [6.45, 7) is 3.28. The minimum atomic E-state index is -4.21. The molecule has 0 saturated carbocycles. The van der Waals surface area contributed by atoms with E-state index >= 15 is 0 Å². The first-order valence-corrected chi connectivity index (χ1v) is 14.0. The molecule has 0 aromatic heterocycles. The largest absolute Gasteiger partial charge is 0.497 e. The van der Waals surface area contributed by atoms with E-state index in [4.69, 9.17) is 21.1 Å². The lowest BCUT2D eigenvalue weighted by Gasteiger charge is -2.32. The first kappa shape index (κ1) is 29.8. The number of hydrogen-bond donors (Lipinski definition) is 1. The Labute approximate surface area is 234 Å². The van der Waals surface area contributed by atoms with E-state index in [0.717, 1.165) is 9.87 Å². The number of anilines is 1. The van der Waals surface area contributed by atoms with Crippen molar-refractivity contribution in [2.45, 2.75) is 31.3 Å². The van der Waals surface area contributed by atoms with E-state index < -0.39 is 28.5 Å². The molecule has 9 nitrogen and oxygen atoms in total. The number of methoxy groups -OCH3 is 2. The van der Waals surface area contributed by atoms with Crippen molar-refractivity contribution in [2.75, 3.05) is 31.6 Å². The molecular formula is C28H32ClN3O6S. The number of halogens is 1. The number of nitrogens with one attached hydrogen (secondary N) is 1. The molecule has 0 spiro atoms. The SMILES string of the molecule is CCNC(=O)[C@H](C)N(Cc1ccc(OC)cc1)C(=O)CN(c1cccc(Cl)c1)S(=O)(=O)c1ccc(OC)cc1. The van der Waals surface area contributed by atoms with Gasteiger partial charge in [0.05, 0.1) is 24.8 Å². The molecule has 0 aliphatic heterocycles. The summed E-state index contributed by atoms with van der Waals surface area (Å²) in [5, 5.41) is 3.04. The molecule has 0 unspecified atom stereocenters. The number of hydrogen-bond acceptors (Lipinski definition) is 6. The maximum atomic E-state index is 13.8.